The van der Waals surface area contributed by atoms with E-state index in [4.69, 9.17) is 26.2 Å². The van der Waals surface area contributed by atoms with Gasteiger partial charge in [-0.05, 0) is 43.2 Å². The molecule has 0 amide bonds. The Morgan fingerprint density at radius 2 is 1.84 bits per heavy atom. The highest BCUT2D eigenvalue weighted by Gasteiger charge is 2.23. The van der Waals surface area contributed by atoms with Crippen molar-refractivity contribution < 1.29 is 14.6 Å². The average molecular weight is 458 g/mol. The second-order valence-corrected chi connectivity index (χ2v) is 8.81. The Balaban J connectivity index is 2.01. The first-order valence-corrected chi connectivity index (χ1v) is 11.2. The lowest BCUT2D eigenvalue weighted by Crippen LogP contribution is -2.36. The second kappa shape index (κ2) is 11.5. The number of ether oxygens (including phenoxy) is 2. The van der Waals surface area contributed by atoms with Gasteiger partial charge in [-0.3, -0.25) is 4.90 Å². The summed E-state index contributed by atoms with van der Waals surface area (Å²) in [5, 5.41) is 15.8. The summed E-state index contributed by atoms with van der Waals surface area (Å²) in [6, 6.07) is 17.2. The van der Waals surface area contributed by atoms with Gasteiger partial charge in [0.25, 0.3) is 0 Å². The zero-order chi connectivity index (χ0) is 23.1. The topological polar surface area (TPSA) is 59.8 Å². The van der Waals surface area contributed by atoms with Crippen LogP contribution in [0.4, 0.5) is 0 Å². The van der Waals surface area contributed by atoms with Crippen LogP contribution in [0, 0.1) is 12.8 Å². The molecule has 2 aromatic carbocycles. The zero-order valence-electron chi connectivity index (χ0n) is 19.2. The molecule has 1 atom stereocenters. The van der Waals surface area contributed by atoms with Gasteiger partial charge in [-0.1, -0.05) is 49.7 Å². The van der Waals surface area contributed by atoms with Gasteiger partial charge in [0.05, 0.1) is 29.7 Å². The normalized spacial score (nSPS) is 12.5. The number of hydrogen-bond donors (Lipinski definition) is 1. The molecule has 1 heterocycles. The molecule has 0 aliphatic carbocycles. The number of aliphatic hydroxyl groups is 1. The Bertz CT molecular complexity index is 991. The van der Waals surface area contributed by atoms with Crippen LogP contribution in [0.1, 0.15) is 25.1 Å². The number of benzene rings is 2. The standard InChI is InChI=1S/C25H32ClN3O3/c1-18(2)14-28(15-22(30)17-31-4)16-24-19(3)27-29(21-10-8-9-20(26)13-21)25(24)32-23-11-6-5-7-12-23/h5-13,18,22,30H,14-17H2,1-4H3/t22-/m0/s1. The third-order valence-corrected chi connectivity index (χ3v) is 5.22. The number of rotatable bonds is 11. The maximum Gasteiger partial charge on any atom is 0.227 e. The van der Waals surface area contributed by atoms with Crippen LogP contribution in [0.3, 0.4) is 0 Å². The predicted octanol–water partition coefficient (Wildman–Crippen LogP) is 5.09. The van der Waals surface area contributed by atoms with Gasteiger partial charge in [-0.15, -0.1) is 0 Å². The molecule has 0 aliphatic heterocycles. The largest absolute Gasteiger partial charge is 0.439 e. The minimum atomic E-state index is -0.569. The van der Waals surface area contributed by atoms with Gasteiger partial charge in [0.2, 0.25) is 5.88 Å². The Hall–Kier alpha value is -2.38. The third-order valence-electron chi connectivity index (χ3n) is 4.98. The molecule has 7 heteroatoms. The van der Waals surface area contributed by atoms with Gasteiger partial charge in [0.15, 0.2) is 0 Å². The Morgan fingerprint density at radius 1 is 1.09 bits per heavy atom. The highest BCUT2D eigenvalue weighted by Crippen LogP contribution is 2.32. The predicted molar refractivity (Wildman–Crippen MR) is 128 cm³/mol. The van der Waals surface area contributed by atoms with Crippen LogP contribution in [-0.2, 0) is 11.3 Å². The van der Waals surface area contributed by atoms with E-state index in [1.54, 1.807) is 11.8 Å². The second-order valence-electron chi connectivity index (χ2n) is 8.37. The van der Waals surface area contributed by atoms with Gasteiger partial charge in [0.1, 0.15) is 5.75 Å². The summed E-state index contributed by atoms with van der Waals surface area (Å²) in [4.78, 5) is 2.22. The summed E-state index contributed by atoms with van der Waals surface area (Å²) in [7, 11) is 1.60. The van der Waals surface area contributed by atoms with Crippen molar-refractivity contribution in [3.05, 3.63) is 70.9 Å². The Morgan fingerprint density at radius 3 is 2.50 bits per heavy atom. The minimum Gasteiger partial charge on any atom is -0.439 e. The molecule has 3 aromatic rings. The molecule has 0 fully saturated rings. The maximum absolute atomic E-state index is 10.4. The lowest BCUT2D eigenvalue weighted by atomic mass is 10.1. The lowest BCUT2D eigenvalue weighted by Gasteiger charge is -2.26. The van der Waals surface area contributed by atoms with E-state index in [0.29, 0.717) is 36.5 Å². The summed E-state index contributed by atoms with van der Waals surface area (Å²) in [6.07, 6.45) is -0.569. The molecular formula is C25H32ClN3O3. The SMILES string of the molecule is COC[C@@H](O)CN(Cc1c(C)nn(-c2cccc(Cl)c2)c1Oc1ccccc1)CC(C)C. The van der Waals surface area contributed by atoms with Crippen LogP contribution >= 0.6 is 11.6 Å². The number of para-hydroxylation sites is 1. The fraction of sp³-hybridized carbons (Fsp3) is 0.400. The smallest absolute Gasteiger partial charge is 0.227 e. The van der Waals surface area contributed by atoms with E-state index >= 15 is 0 Å². The third kappa shape index (κ3) is 6.56. The minimum absolute atomic E-state index is 0.294. The van der Waals surface area contributed by atoms with Crippen molar-refractivity contribution in [1.29, 1.82) is 0 Å². The van der Waals surface area contributed by atoms with E-state index in [1.165, 1.54) is 0 Å². The molecule has 1 N–H and O–H groups in total. The molecular weight excluding hydrogens is 426 g/mol. The maximum atomic E-state index is 10.4. The number of nitrogens with zero attached hydrogens (tertiary/aromatic N) is 3. The molecule has 3 rings (SSSR count). The van der Waals surface area contributed by atoms with Crippen LogP contribution in [-0.4, -0.2) is 52.7 Å². The average Bonchev–Trinajstić information content (AvgIpc) is 3.04. The van der Waals surface area contributed by atoms with Gasteiger partial charge in [0, 0.05) is 31.8 Å². The number of halogens is 1. The summed E-state index contributed by atoms with van der Waals surface area (Å²) in [5.74, 6) is 1.81. The van der Waals surface area contributed by atoms with E-state index in [-0.39, 0.29) is 0 Å². The summed E-state index contributed by atoms with van der Waals surface area (Å²) in [6.45, 7) is 8.52. The molecule has 0 unspecified atom stereocenters. The van der Waals surface area contributed by atoms with Crippen LogP contribution in [0.5, 0.6) is 11.6 Å². The fourth-order valence-corrected chi connectivity index (χ4v) is 3.88. The first kappa shape index (κ1) is 24.3. The van der Waals surface area contributed by atoms with Crippen LogP contribution in [0.2, 0.25) is 5.02 Å². The number of aromatic nitrogens is 2. The van der Waals surface area contributed by atoms with Crippen molar-refractivity contribution >= 4 is 11.6 Å². The summed E-state index contributed by atoms with van der Waals surface area (Å²) in [5.41, 5.74) is 2.66. The Labute approximate surface area is 195 Å². The van der Waals surface area contributed by atoms with E-state index in [2.05, 4.69) is 18.7 Å². The fourth-order valence-electron chi connectivity index (χ4n) is 3.70. The van der Waals surface area contributed by atoms with Crippen molar-refractivity contribution in [2.75, 3.05) is 26.8 Å². The molecule has 0 spiro atoms. The van der Waals surface area contributed by atoms with E-state index in [0.717, 1.165) is 29.2 Å². The van der Waals surface area contributed by atoms with Crippen LogP contribution < -0.4 is 4.74 Å². The zero-order valence-corrected chi connectivity index (χ0v) is 19.9. The molecule has 0 bridgehead atoms. The highest BCUT2D eigenvalue weighted by atomic mass is 35.5. The molecule has 32 heavy (non-hydrogen) atoms. The molecule has 0 radical (unpaired) electrons. The quantitative estimate of drug-likeness (QED) is 0.434. The first-order valence-electron chi connectivity index (χ1n) is 10.8. The molecule has 6 nitrogen and oxygen atoms in total. The van der Waals surface area contributed by atoms with Gasteiger partial charge >= 0.3 is 0 Å². The first-order chi connectivity index (χ1) is 15.4. The monoisotopic (exact) mass is 457 g/mol. The van der Waals surface area contributed by atoms with Crippen molar-refractivity contribution in [2.45, 2.75) is 33.4 Å². The summed E-state index contributed by atoms with van der Waals surface area (Å²) < 4.78 is 13.3. The van der Waals surface area contributed by atoms with Gasteiger partial charge in [-0.2, -0.15) is 5.10 Å². The molecule has 172 valence electrons. The molecule has 0 aliphatic rings. The molecule has 1 aromatic heterocycles. The van der Waals surface area contributed by atoms with Crippen LogP contribution in [0.15, 0.2) is 54.6 Å². The number of hydrogen-bond acceptors (Lipinski definition) is 5. The number of methoxy groups -OCH3 is 1. The highest BCUT2D eigenvalue weighted by molar-refractivity contribution is 6.30. The molecule has 0 saturated carbocycles. The van der Waals surface area contributed by atoms with E-state index in [9.17, 15) is 5.11 Å². The van der Waals surface area contributed by atoms with Gasteiger partial charge < -0.3 is 14.6 Å². The van der Waals surface area contributed by atoms with Crippen molar-refractivity contribution in [1.82, 2.24) is 14.7 Å². The van der Waals surface area contributed by atoms with Gasteiger partial charge in [-0.25, -0.2) is 4.68 Å². The number of aryl methyl sites for hydroxylation is 1. The summed E-state index contributed by atoms with van der Waals surface area (Å²) >= 11 is 6.25. The van der Waals surface area contributed by atoms with Crippen molar-refractivity contribution in [3.63, 3.8) is 0 Å². The molecule has 0 saturated heterocycles. The Kier molecular flexibility index (Phi) is 8.70. The number of aliphatic hydroxyl groups excluding tert-OH is 1. The van der Waals surface area contributed by atoms with E-state index < -0.39 is 6.10 Å². The van der Waals surface area contributed by atoms with Crippen molar-refractivity contribution in [2.24, 2.45) is 5.92 Å². The lowest BCUT2D eigenvalue weighted by molar-refractivity contribution is 0.0329. The van der Waals surface area contributed by atoms with E-state index in [1.807, 2.05) is 61.5 Å². The van der Waals surface area contributed by atoms with Crippen molar-refractivity contribution in [3.8, 4) is 17.3 Å². The van der Waals surface area contributed by atoms with Crippen LogP contribution in [0.25, 0.3) is 5.69 Å².